The van der Waals surface area contributed by atoms with Crippen LogP contribution >= 0.6 is 0 Å². The summed E-state index contributed by atoms with van der Waals surface area (Å²) in [4.78, 5) is 25.5. The number of carbonyl (C=O) groups excluding carboxylic acids is 1. The van der Waals surface area contributed by atoms with E-state index in [9.17, 15) is 4.79 Å². The van der Waals surface area contributed by atoms with Crippen LogP contribution < -0.4 is 5.32 Å². The predicted octanol–water partition coefficient (Wildman–Crippen LogP) is 2.39. The molecule has 3 heterocycles. The van der Waals surface area contributed by atoms with Gasteiger partial charge in [-0.2, -0.15) is 0 Å². The van der Waals surface area contributed by atoms with E-state index in [0.717, 1.165) is 19.0 Å². The van der Waals surface area contributed by atoms with Crippen molar-refractivity contribution < 1.29 is 4.79 Å². The first-order valence-corrected chi connectivity index (χ1v) is 9.76. The Bertz CT molecular complexity index is 522. The van der Waals surface area contributed by atoms with Gasteiger partial charge in [0.25, 0.3) is 0 Å². The topological polar surface area (TPSA) is 61.4 Å². The molecular weight excluding hydrogens is 314 g/mol. The van der Waals surface area contributed by atoms with E-state index in [1.165, 1.54) is 58.2 Å². The molecule has 1 atom stereocenters. The number of nitrogens with one attached hydrogen (secondary N) is 1. The predicted molar refractivity (Wildman–Crippen MR) is 99.3 cm³/mol. The lowest BCUT2D eigenvalue weighted by atomic mass is 9.95. The summed E-state index contributed by atoms with van der Waals surface area (Å²) < 4.78 is 0. The molecule has 3 rings (SSSR count). The maximum Gasteiger partial charge on any atom is 0.243 e. The summed E-state index contributed by atoms with van der Waals surface area (Å²) in [6.45, 7) is 7.78. The molecule has 2 saturated heterocycles. The third kappa shape index (κ3) is 5.47. The standard InChI is InChI=1S/C19H31N5O/c1-16(18(25)22-19-20-9-6-10-21-19)24-13-7-17(8-14-24)15-23-11-4-2-3-5-12-23/h6,9-10,16-17H,2-5,7-8,11-15H2,1H3,(H,20,21,22,25)/t16-/m0/s1. The lowest BCUT2D eigenvalue weighted by Crippen LogP contribution is -2.47. The molecule has 25 heavy (non-hydrogen) atoms. The molecule has 1 amide bonds. The zero-order valence-electron chi connectivity index (χ0n) is 15.4. The van der Waals surface area contributed by atoms with E-state index in [2.05, 4.69) is 25.1 Å². The van der Waals surface area contributed by atoms with Crippen LogP contribution in [-0.4, -0.2) is 64.4 Å². The quantitative estimate of drug-likeness (QED) is 0.888. The number of hydrogen-bond donors (Lipinski definition) is 1. The Morgan fingerprint density at radius 1 is 1.12 bits per heavy atom. The van der Waals surface area contributed by atoms with Gasteiger partial charge < -0.3 is 4.90 Å². The average molecular weight is 345 g/mol. The molecule has 0 spiro atoms. The highest BCUT2D eigenvalue weighted by Crippen LogP contribution is 2.22. The lowest BCUT2D eigenvalue weighted by Gasteiger charge is -2.37. The van der Waals surface area contributed by atoms with E-state index in [0.29, 0.717) is 5.95 Å². The first-order valence-electron chi connectivity index (χ1n) is 9.76. The number of piperidine rings is 1. The largest absolute Gasteiger partial charge is 0.303 e. The minimum Gasteiger partial charge on any atom is -0.303 e. The lowest BCUT2D eigenvalue weighted by molar-refractivity contribution is -0.121. The number of amides is 1. The zero-order chi connectivity index (χ0) is 17.5. The third-order valence-corrected chi connectivity index (χ3v) is 5.59. The number of hydrogen-bond acceptors (Lipinski definition) is 5. The minimum absolute atomic E-state index is 0.0165. The van der Waals surface area contributed by atoms with E-state index in [1.54, 1.807) is 18.5 Å². The van der Waals surface area contributed by atoms with Crippen LogP contribution in [0.5, 0.6) is 0 Å². The Balaban J connectivity index is 1.42. The second-order valence-corrected chi connectivity index (χ2v) is 7.43. The number of rotatable bonds is 5. The van der Waals surface area contributed by atoms with Crippen LogP contribution in [-0.2, 0) is 4.79 Å². The molecule has 0 aliphatic carbocycles. The molecule has 2 aliphatic heterocycles. The molecule has 0 radical (unpaired) electrons. The highest BCUT2D eigenvalue weighted by molar-refractivity contribution is 5.93. The maximum absolute atomic E-state index is 12.4. The van der Waals surface area contributed by atoms with Crippen molar-refractivity contribution in [2.45, 2.75) is 51.5 Å². The van der Waals surface area contributed by atoms with Gasteiger partial charge in [-0.3, -0.25) is 15.0 Å². The van der Waals surface area contributed by atoms with Crippen LogP contribution in [0.25, 0.3) is 0 Å². The molecule has 0 saturated carbocycles. The van der Waals surface area contributed by atoms with Crippen LogP contribution in [0.4, 0.5) is 5.95 Å². The van der Waals surface area contributed by atoms with Crippen molar-refractivity contribution in [1.82, 2.24) is 19.8 Å². The van der Waals surface area contributed by atoms with Crippen LogP contribution in [0, 0.1) is 5.92 Å². The van der Waals surface area contributed by atoms with Crippen molar-refractivity contribution in [3.8, 4) is 0 Å². The first-order chi connectivity index (χ1) is 12.2. The fourth-order valence-corrected chi connectivity index (χ4v) is 3.95. The summed E-state index contributed by atoms with van der Waals surface area (Å²) in [6, 6.07) is 1.61. The summed E-state index contributed by atoms with van der Waals surface area (Å²) >= 11 is 0. The number of carbonyl (C=O) groups is 1. The van der Waals surface area contributed by atoms with E-state index in [-0.39, 0.29) is 11.9 Å². The maximum atomic E-state index is 12.4. The normalized spacial score (nSPS) is 22.3. The SMILES string of the molecule is C[C@@H](C(=O)Nc1ncccn1)N1CCC(CN2CCCCCC2)CC1. The van der Waals surface area contributed by atoms with Gasteiger partial charge in [-0.1, -0.05) is 12.8 Å². The third-order valence-electron chi connectivity index (χ3n) is 5.59. The molecule has 0 bridgehead atoms. The fraction of sp³-hybridized carbons (Fsp3) is 0.737. The number of anilines is 1. The van der Waals surface area contributed by atoms with Gasteiger partial charge in [0.1, 0.15) is 0 Å². The molecule has 6 heteroatoms. The molecule has 1 N–H and O–H groups in total. The number of nitrogens with zero attached hydrogens (tertiary/aromatic N) is 4. The molecule has 138 valence electrons. The van der Waals surface area contributed by atoms with Crippen molar-refractivity contribution >= 4 is 11.9 Å². The van der Waals surface area contributed by atoms with Gasteiger partial charge in [0, 0.05) is 18.9 Å². The van der Waals surface area contributed by atoms with Gasteiger partial charge in [0.2, 0.25) is 11.9 Å². The molecule has 2 aliphatic rings. The van der Waals surface area contributed by atoms with Crippen LogP contribution in [0.1, 0.15) is 45.4 Å². The van der Waals surface area contributed by atoms with Gasteiger partial charge in [0.05, 0.1) is 6.04 Å². The molecule has 0 aromatic carbocycles. The fourth-order valence-electron chi connectivity index (χ4n) is 3.95. The van der Waals surface area contributed by atoms with Crippen molar-refractivity contribution in [3.63, 3.8) is 0 Å². The summed E-state index contributed by atoms with van der Waals surface area (Å²) in [5.74, 6) is 1.15. The van der Waals surface area contributed by atoms with E-state index < -0.39 is 0 Å². The second-order valence-electron chi connectivity index (χ2n) is 7.43. The average Bonchev–Trinajstić information content (AvgIpc) is 2.91. The van der Waals surface area contributed by atoms with E-state index in [1.807, 2.05) is 6.92 Å². The minimum atomic E-state index is -0.136. The number of aromatic nitrogens is 2. The number of likely N-dealkylation sites (tertiary alicyclic amines) is 2. The van der Waals surface area contributed by atoms with Crippen molar-refractivity contribution in [3.05, 3.63) is 18.5 Å². The first kappa shape index (κ1) is 18.3. The van der Waals surface area contributed by atoms with Gasteiger partial charge >= 0.3 is 0 Å². The Kier molecular flexibility index (Phi) is 6.76. The van der Waals surface area contributed by atoms with Gasteiger partial charge in [-0.05, 0) is 70.8 Å². The highest BCUT2D eigenvalue weighted by Gasteiger charge is 2.28. The summed E-state index contributed by atoms with van der Waals surface area (Å²) in [5, 5.41) is 2.81. The second kappa shape index (κ2) is 9.25. The molecule has 1 aromatic rings. The Hall–Kier alpha value is -1.53. The van der Waals surface area contributed by atoms with Gasteiger partial charge in [0.15, 0.2) is 0 Å². The molecule has 1 aromatic heterocycles. The Morgan fingerprint density at radius 2 is 1.76 bits per heavy atom. The molecule has 2 fully saturated rings. The zero-order valence-corrected chi connectivity index (χ0v) is 15.4. The Labute approximate surface area is 151 Å². The summed E-state index contributed by atoms with van der Waals surface area (Å²) in [7, 11) is 0. The smallest absolute Gasteiger partial charge is 0.243 e. The van der Waals surface area contributed by atoms with Crippen LogP contribution in [0.3, 0.4) is 0 Å². The van der Waals surface area contributed by atoms with Crippen LogP contribution in [0.15, 0.2) is 18.5 Å². The monoisotopic (exact) mass is 345 g/mol. The summed E-state index contributed by atoms with van der Waals surface area (Å²) in [5.41, 5.74) is 0. The van der Waals surface area contributed by atoms with Crippen molar-refractivity contribution in [2.24, 2.45) is 5.92 Å². The summed E-state index contributed by atoms with van der Waals surface area (Å²) in [6.07, 6.45) is 11.2. The van der Waals surface area contributed by atoms with Gasteiger partial charge in [-0.25, -0.2) is 9.97 Å². The van der Waals surface area contributed by atoms with E-state index >= 15 is 0 Å². The highest BCUT2D eigenvalue weighted by atomic mass is 16.2. The van der Waals surface area contributed by atoms with Crippen molar-refractivity contribution in [1.29, 1.82) is 0 Å². The molecule has 0 unspecified atom stereocenters. The molecule has 6 nitrogen and oxygen atoms in total. The van der Waals surface area contributed by atoms with Gasteiger partial charge in [-0.15, -0.1) is 0 Å². The molecular formula is C19H31N5O. The van der Waals surface area contributed by atoms with E-state index in [4.69, 9.17) is 0 Å². The van der Waals surface area contributed by atoms with Crippen molar-refractivity contribution in [2.75, 3.05) is 38.0 Å². The van der Waals surface area contributed by atoms with Crippen LogP contribution in [0.2, 0.25) is 0 Å². The Morgan fingerprint density at radius 3 is 2.40 bits per heavy atom.